The predicted octanol–water partition coefficient (Wildman–Crippen LogP) is 4.94. The first kappa shape index (κ1) is 14.1. The Labute approximate surface area is 133 Å². The number of rotatable bonds is 3. The van der Waals surface area contributed by atoms with Crippen molar-refractivity contribution in [3.63, 3.8) is 0 Å². The summed E-state index contributed by atoms with van der Waals surface area (Å²) in [4.78, 5) is 0. The lowest BCUT2D eigenvalue weighted by atomic mass is 10.2. The van der Waals surface area contributed by atoms with E-state index in [0.717, 1.165) is 29.3 Å². The van der Waals surface area contributed by atoms with Gasteiger partial charge in [-0.2, -0.15) is 0 Å². The molecule has 0 aliphatic rings. The second-order valence-corrected chi connectivity index (χ2v) is 5.37. The van der Waals surface area contributed by atoms with Gasteiger partial charge in [-0.05, 0) is 31.2 Å². The first-order valence-electron chi connectivity index (χ1n) is 6.65. The van der Waals surface area contributed by atoms with Crippen LogP contribution in [-0.2, 0) is 6.54 Å². The molecule has 0 atom stereocenters. The second kappa shape index (κ2) is 5.88. The second-order valence-electron chi connectivity index (χ2n) is 4.55. The van der Waals surface area contributed by atoms with Crippen LogP contribution in [0.2, 0.25) is 10.0 Å². The number of benzene rings is 2. The number of hydrogen-bond donors (Lipinski definition) is 0. The summed E-state index contributed by atoms with van der Waals surface area (Å²) in [6, 6.07) is 15.2. The van der Waals surface area contributed by atoms with Gasteiger partial charge in [0.1, 0.15) is 0 Å². The van der Waals surface area contributed by atoms with Crippen LogP contribution in [-0.4, -0.2) is 14.8 Å². The van der Waals surface area contributed by atoms with Gasteiger partial charge in [0.05, 0.1) is 10.0 Å². The van der Waals surface area contributed by atoms with Gasteiger partial charge < -0.3 is 4.57 Å². The van der Waals surface area contributed by atoms with E-state index in [1.807, 2.05) is 60.0 Å². The summed E-state index contributed by atoms with van der Waals surface area (Å²) in [6.45, 7) is 2.78. The van der Waals surface area contributed by atoms with Crippen LogP contribution in [0.4, 0.5) is 0 Å². The topological polar surface area (TPSA) is 30.7 Å². The summed E-state index contributed by atoms with van der Waals surface area (Å²) in [5, 5.41) is 9.93. The molecule has 0 N–H and O–H groups in total. The summed E-state index contributed by atoms with van der Waals surface area (Å²) in [5.74, 6) is 1.50. The molecule has 0 bridgehead atoms. The monoisotopic (exact) mass is 317 g/mol. The quantitative estimate of drug-likeness (QED) is 0.685. The van der Waals surface area contributed by atoms with Gasteiger partial charge >= 0.3 is 0 Å². The molecule has 21 heavy (non-hydrogen) atoms. The maximum absolute atomic E-state index is 6.27. The summed E-state index contributed by atoms with van der Waals surface area (Å²) in [7, 11) is 0. The van der Waals surface area contributed by atoms with Gasteiger partial charge in [-0.3, -0.25) is 0 Å². The van der Waals surface area contributed by atoms with Crippen molar-refractivity contribution in [1.82, 2.24) is 14.8 Å². The standard InChI is InChI=1S/C16H13Cl2N3/c1-2-21-15(11-7-3-5-9-13(11)17)19-20-16(21)12-8-4-6-10-14(12)18/h3-10H,2H2,1H3. The van der Waals surface area contributed by atoms with E-state index in [0.29, 0.717) is 10.0 Å². The van der Waals surface area contributed by atoms with E-state index in [1.54, 1.807) is 0 Å². The smallest absolute Gasteiger partial charge is 0.165 e. The molecule has 2 aromatic carbocycles. The lowest BCUT2D eigenvalue weighted by Gasteiger charge is -2.09. The summed E-state index contributed by atoms with van der Waals surface area (Å²) in [6.07, 6.45) is 0. The van der Waals surface area contributed by atoms with Crippen LogP contribution in [0.3, 0.4) is 0 Å². The molecule has 0 amide bonds. The average Bonchev–Trinajstić information content (AvgIpc) is 2.91. The van der Waals surface area contributed by atoms with Crippen molar-refractivity contribution < 1.29 is 0 Å². The van der Waals surface area contributed by atoms with Crippen LogP contribution in [0.25, 0.3) is 22.8 Å². The highest BCUT2D eigenvalue weighted by molar-refractivity contribution is 6.33. The van der Waals surface area contributed by atoms with Gasteiger partial charge in [0, 0.05) is 17.7 Å². The van der Waals surface area contributed by atoms with Gasteiger partial charge in [-0.1, -0.05) is 47.5 Å². The number of halogens is 2. The molecule has 3 nitrogen and oxygen atoms in total. The largest absolute Gasteiger partial charge is 0.307 e. The summed E-state index contributed by atoms with van der Waals surface area (Å²) >= 11 is 12.5. The molecule has 0 spiro atoms. The zero-order valence-corrected chi connectivity index (χ0v) is 12.9. The van der Waals surface area contributed by atoms with E-state index in [9.17, 15) is 0 Å². The Morgan fingerprint density at radius 1 is 0.810 bits per heavy atom. The molecule has 1 heterocycles. The molecule has 0 unspecified atom stereocenters. The molecular weight excluding hydrogens is 305 g/mol. The molecule has 3 aromatic rings. The number of aromatic nitrogens is 3. The zero-order valence-electron chi connectivity index (χ0n) is 11.4. The zero-order chi connectivity index (χ0) is 14.8. The van der Waals surface area contributed by atoms with Crippen LogP contribution in [0.5, 0.6) is 0 Å². The minimum absolute atomic E-state index is 0.658. The van der Waals surface area contributed by atoms with Crippen molar-refractivity contribution >= 4 is 23.2 Å². The van der Waals surface area contributed by atoms with Crippen molar-refractivity contribution in [3.8, 4) is 22.8 Å². The van der Waals surface area contributed by atoms with Gasteiger partial charge in [-0.15, -0.1) is 10.2 Å². The van der Waals surface area contributed by atoms with E-state index in [4.69, 9.17) is 23.2 Å². The Morgan fingerprint density at radius 2 is 1.24 bits per heavy atom. The first-order valence-corrected chi connectivity index (χ1v) is 7.41. The van der Waals surface area contributed by atoms with Crippen LogP contribution >= 0.6 is 23.2 Å². The molecule has 0 aliphatic heterocycles. The molecule has 0 saturated carbocycles. The Kier molecular flexibility index (Phi) is 3.95. The molecule has 1 aromatic heterocycles. The van der Waals surface area contributed by atoms with E-state index in [1.165, 1.54) is 0 Å². The third-order valence-corrected chi connectivity index (χ3v) is 3.96. The Morgan fingerprint density at radius 3 is 1.62 bits per heavy atom. The number of hydrogen-bond acceptors (Lipinski definition) is 2. The lowest BCUT2D eigenvalue weighted by molar-refractivity contribution is 0.775. The minimum atomic E-state index is 0.658. The maximum atomic E-state index is 6.27. The first-order chi connectivity index (χ1) is 10.2. The minimum Gasteiger partial charge on any atom is -0.307 e. The van der Waals surface area contributed by atoms with E-state index >= 15 is 0 Å². The molecule has 0 radical (unpaired) electrons. The van der Waals surface area contributed by atoms with Crippen molar-refractivity contribution in [2.24, 2.45) is 0 Å². The molecule has 0 fully saturated rings. The lowest BCUT2D eigenvalue weighted by Crippen LogP contribution is -2.01. The van der Waals surface area contributed by atoms with Crippen molar-refractivity contribution in [2.75, 3.05) is 0 Å². The molecular formula is C16H13Cl2N3. The molecule has 106 valence electrons. The third kappa shape index (κ3) is 2.55. The molecule has 3 rings (SSSR count). The highest BCUT2D eigenvalue weighted by Crippen LogP contribution is 2.31. The van der Waals surface area contributed by atoms with E-state index < -0.39 is 0 Å². The normalized spacial score (nSPS) is 10.8. The average molecular weight is 318 g/mol. The fourth-order valence-corrected chi connectivity index (χ4v) is 2.73. The third-order valence-electron chi connectivity index (χ3n) is 3.30. The van der Waals surface area contributed by atoms with Gasteiger partial charge in [0.25, 0.3) is 0 Å². The maximum Gasteiger partial charge on any atom is 0.165 e. The Bertz CT molecular complexity index is 718. The van der Waals surface area contributed by atoms with Crippen LogP contribution < -0.4 is 0 Å². The van der Waals surface area contributed by atoms with E-state index in [2.05, 4.69) is 10.2 Å². The highest BCUT2D eigenvalue weighted by Gasteiger charge is 2.17. The number of nitrogens with zero attached hydrogens (tertiary/aromatic N) is 3. The predicted molar refractivity (Wildman–Crippen MR) is 86.6 cm³/mol. The van der Waals surface area contributed by atoms with E-state index in [-0.39, 0.29) is 0 Å². The molecule has 0 saturated heterocycles. The molecule has 5 heteroatoms. The highest BCUT2D eigenvalue weighted by atomic mass is 35.5. The summed E-state index contributed by atoms with van der Waals surface area (Å²) < 4.78 is 2.02. The van der Waals surface area contributed by atoms with Crippen molar-refractivity contribution in [3.05, 3.63) is 58.6 Å². The Balaban J connectivity index is 2.19. The van der Waals surface area contributed by atoms with Crippen LogP contribution in [0, 0.1) is 0 Å². The SMILES string of the molecule is CCn1c(-c2ccccc2Cl)nnc1-c1ccccc1Cl. The Hall–Kier alpha value is -1.84. The van der Waals surface area contributed by atoms with Crippen molar-refractivity contribution in [1.29, 1.82) is 0 Å². The van der Waals surface area contributed by atoms with Crippen LogP contribution in [0.15, 0.2) is 48.5 Å². The van der Waals surface area contributed by atoms with Gasteiger partial charge in [-0.25, -0.2) is 0 Å². The summed E-state index contributed by atoms with van der Waals surface area (Å²) in [5.41, 5.74) is 1.73. The van der Waals surface area contributed by atoms with Crippen molar-refractivity contribution in [2.45, 2.75) is 13.5 Å². The fourth-order valence-electron chi connectivity index (χ4n) is 2.29. The van der Waals surface area contributed by atoms with Crippen LogP contribution in [0.1, 0.15) is 6.92 Å². The molecule has 0 aliphatic carbocycles. The van der Waals surface area contributed by atoms with Gasteiger partial charge in [0.2, 0.25) is 0 Å². The van der Waals surface area contributed by atoms with Gasteiger partial charge in [0.15, 0.2) is 11.6 Å². The fraction of sp³-hybridized carbons (Fsp3) is 0.125.